The largest absolute Gasteiger partial charge is 0.472 e. The van der Waals surface area contributed by atoms with Crippen LogP contribution in [0.4, 0.5) is 0 Å². The van der Waals surface area contributed by atoms with Crippen molar-refractivity contribution in [2.75, 3.05) is 0 Å². The van der Waals surface area contributed by atoms with Gasteiger partial charge in [0, 0.05) is 23.8 Å². The van der Waals surface area contributed by atoms with Crippen molar-refractivity contribution in [3.8, 4) is 5.88 Å². The number of aromatic nitrogens is 1. The number of pyridine rings is 1. The molecule has 0 saturated carbocycles. The van der Waals surface area contributed by atoms with E-state index in [-0.39, 0.29) is 11.1 Å². The van der Waals surface area contributed by atoms with Crippen molar-refractivity contribution >= 4 is 0 Å². The average Bonchev–Trinajstić information content (AvgIpc) is 2.26. The lowest BCUT2D eigenvalue weighted by Crippen LogP contribution is -2.35. The van der Waals surface area contributed by atoms with Crippen molar-refractivity contribution in [1.29, 1.82) is 0 Å². The fourth-order valence-electron chi connectivity index (χ4n) is 1.53. The lowest BCUT2D eigenvalue weighted by atomic mass is 10.1. The van der Waals surface area contributed by atoms with E-state index in [9.17, 15) is 0 Å². The van der Waals surface area contributed by atoms with Crippen LogP contribution in [0.3, 0.4) is 0 Å². The molecule has 1 N–H and O–H groups in total. The first kappa shape index (κ1) is 16.0. The van der Waals surface area contributed by atoms with Gasteiger partial charge < -0.3 is 10.1 Å². The Morgan fingerprint density at radius 2 is 1.79 bits per heavy atom. The van der Waals surface area contributed by atoms with Gasteiger partial charge >= 0.3 is 0 Å². The highest BCUT2D eigenvalue weighted by atomic mass is 16.5. The van der Waals surface area contributed by atoms with Crippen LogP contribution in [-0.4, -0.2) is 16.1 Å². The number of nitrogens with zero attached hydrogens (tertiary/aromatic N) is 1. The minimum absolute atomic E-state index is 0.117. The Morgan fingerprint density at radius 3 is 2.26 bits per heavy atom. The molecule has 0 aliphatic carbocycles. The molecule has 0 spiro atoms. The maximum absolute atomic E-state index is 5.90. The van der Waals surface area contributed by atoms with Crippen molar-refractivity contribution < 1.29 is 4.74 Å². The van der Waals surface area contributed by atoms with Gasteiger partial charge in [-0.15, -0.1) is 0 Å². The standard InChI is InChI=1S/C16H28N2O/c1-8-16(6,7)19-14-10-9-13(12(2)18-14)11-17-15(3,4)5/h9-10,17H,8,11H2,1-7H3. The Kier molecular flexibility index (Phi) is 4.97. The highest BCUT2D eigenvalue weighted by Gasteiger charge is 2.18. The van der Waals surface area contributed by atoms with Gasteiger partial charge in [0.05, 0.1) is 0 Å². The van der Waals surface area contributed by atoms with E-state index in [0.717, 1.165) is 18.7 Å². The molecule has 0 aliphatic heterocycles. The van der Waals surface area contributed by atoms with Crippen LogP contribution in [0, 0.1) is 6.92 Å². The van der Waals surface area contributed by atoms with Gasteiger partial charge in [-0.3, -0.25) is 0 Å². The second-order valence-corrected chi connectivity index (χ2v) is 6.71. The molecule has 0 radical (unpaired) electrons. The van der Waals surface area contributed by atoms with E-state index in [1.807, 2.05) is 13.0 Å². The first-order valence-electron chi connectivity index (χ1n) is 7.03. The highest BCUT2D eigenvalue weighted by molar-refractivity contribution is 5.25. The molecule has 1 heterocycles. The molecular formula is C16H28N2O. The van der Waals surface area contributed by atoms with Crippen LogP contribution in [-0.2, 0) is 6.54 Å². The molecule has 0 atom stereocenters. The van der Waals surface area contributed by atoms with E-state index in [1.54, 1.807) is 0 Å². The summed E-state index contributed by atoms with van der Waals surface area (Å²) in [6.07, 6.45) is 0.959. The summed E-state index contributed by atoms with van der Waals surface area (Å²) in [5.41, 5.74) is 2.20. The number of hydrogen-bond acceptors (Lipinski definition) is 3. The van der Waals surface area contributed by atoms with Gasteiger partial charge in [-0.2, -0.15) is 0 Å². The molecule has 0 amide bonds. The number of ether oxygens (including phenoxy) is 1. The van der Waals surface area contributed by atoms with Gasteiger partial charge in [0.25, 0.3) is 0 Å². The molecule has 0 saturated heterocycles. The van der Waals surface area contributed by atoms with Crippen LogP contribution >= 0.6 is 0 Å². The van der Waals surface area contributed by atoms with E-state index < -0.39 is 0 Å². The van der Waals surface area contributed by atoms with Gasteiger partial charge in [0.1, 0.15) is 5.60 Å². The lowest BCUT2D eigenvalue weighted by molar-refractivity contribution is 0.0988. The Hall–Kier alpha value is -1.09. The number of hydrogen-bond donors (Lipinski definition) is 1. The number of rotatable bonds is 5. The molecule has 0 fully saturated rings. The molecule has 3 nitrogen and oxygen atoms in total. The first-order valence-corrected chi connectivity index (χ1v) is 7.03. The zero-order chi connectivity index (χ0) is 14.7. The highest BCUT2D eigenvalue weighted by Crippen LogP contribution is 2.20. The van der Waals surface area contributed by atoms with Crippen molar-refractivity contribution in [3.63, 3.8) is 0 Å². The van der Waals surface area contributed by atoms with E-state index in [0.29, 0.717) is 5.88 Å². The SMILES string of the molecule is CCC(C)(C)Oc1ccc(CNC(C)(C)C)c(C)n1. The van der Waals surface area contributed by atoms with E-state index >= 15 is 0 Å². The lowest BCUT2D eigenvalue weighted by Gasteiger charge is -2.25. The van der Waals surface area contributed by atoms with Crippen LogP contribution in [0.1, 0.15) is 59.2 Å². The van der Waals surface area contributed by atoms with Gasteiger partial charge in [-0.1, -0.05) is 13.0 Å². The Balaban J connectivity index is 2.75. The zero-order valence-corrected chi connectivity index (χ0v) is 13.4. The first-order chi connectivity index (χ1) is 8.63. The fraction of sp³-hybridized carbons (Fsp3) is 0.688. The van der Waals surface area contributed by atoms with Gasteiger partial charge in [0.2, 0.25) is 5.88 Å². The van der Waals surface area contributed by atoms with Crippen molar-refractivity contribution in [2.24, 2.45) is 0 Å². The summed E-state index contributed by atoms with van der Waals surface area (Å²) in [6.45, 7) is 15.6. The summed E-state index contributed by atoms with van der Waals surface area (Å²) in [6, 6.07) is 4.06. The summed E-state index contributed by atoms with van der Waals surface area (Å²) in [5, 5.41) is 3.48. The van der Waals surface area contributed by atoms with Crippen molar-refractivity contribution in [3.05, 3.63) is 23.4 Å². The quantitative estimate of drug-likeness (QED) is 0.877. The minimum atomic E-state index is -0.162. The van der Waals surface area contributed by atoms with E-state index in [2.05, 4.69) is 57.9 Å². The molecule has 19 heavy (non-hydrogen) atoms. The summed E-state index contributed by atoms with van der Waals surface area (Å²) in [4.78, 5) is 4.54. The zero-order valence-electron chi connectivity index (χ0n) is 13.4. The average molecular weight is 264 g/mol. The molecule has 0 aromatic carbocycles. The normalized spacial score (nSPS) is 12.6. The third kappa shape index (κ3) is 5.60. The third-order valence-electron chi connectivity index (χ3n) is 3.21. The molecule has 0 aliphatic rings. The van der Waals surface area contributed by atoms with Crippen LogP contribution in [0.15, 0.2) is 12.1 Å². The molecule has 1 aromatic rings. The molecule has 0 unspecified atom stereocenters. The molecule has 1 aromatic heterocycles. The van der Waals surface area contributed by atoms with Crippen molar-refractivity contribution in [1.82, 2.24) is 10.3 Å². The predicted molar refractivity (Wildman–Crippen MR) is 80.6 cm³/mol. The Morgan fingerprint density at radius 1 is 1.16 bits per heavy atom. The second-order valence-electron chi connectivity index (χ2n) is 6.71. The molecule has 1 rings (SSSR count). The van der Waals surface area contributed by atoms with Crippen molar-refractivity contribution in [2.45, 2.75) is 72.6 Å². The molecule has 108 valence electrons. The number of aryl methyl sites for hydroxylation is 1. The number of nitrogens with one attached hydrogen (secondary N) is 1. The Bertz CT molecular complexity index is 419. The predicted octanol–water partition coefficient (Wildman–Crippen LogP) is 3.85. The van der Waals surface area contributed by atoms with Crippen LogP contribution in [0.25, 0.3) is 0 Å². The topological polar surface area (TPSA) is 34.1 Å². The van der Waals surface area contributed by atoms with E-state index in [4.69, 9.17) is 4.74 Å². The molecule has 0 bridgehead atoms. The maximum Gasteiger partial charge on any atom is 0.213 e. The minimum Gasteiger partial charge on any atom is -0.472 e. The fourth-order valence-corrected chi connectivity index (χ4v) is 1.53. The van der Waals surface area contributed by atoms with Crippen LogP contribution < -0.4 is 10.1 Å². The summed E-state index contributed by atoms with van der Waals surface area (Å²) < 4.78 is 5.90. The Labute approximate surface area is 117 Å². The molecule has 3 heteroatoms. The van der Waals surface area contributed by atoms with Crippen LogP contribution in [0.2, 0.25) is 0 Å². The second kappa shape index (κ2) is 5.91. The molecular weight excluding hydrogens is 236 g/mol. The van der Waals surface area contributed by atoms with Gasteiger partial charge in [0.15, 0.2) is 0 Å². The van der Waals surface area contributed by atoms with Gasteiger partial charge in [-0.25, -0.2) is 4.98 Å². The van der Waals surface area contributed by atoms with E-state index in [1.165, 1.54) is 5.56 Å². The summed E-state index contributed by atoms with van der Waals surface area (Å²) in [7, 11) is 0. The third-order valence-corrected chi connectivity index (χ3v) is 3.21. The monoisotopic (exact) mass is 264 g/mol. The maximum atomic E-state index is 5.90. The smallest absolute Gasteiger partial charge is 0.213 e. The van der Waals surface area contributed by atoms with Gasteiger partial charge in [-0.05, 0) is 53.5 Å². The summed E-state index contributed by atoms with van der Waals surface area (Å²) >= 11 is 0. The summed E-state index contributed by atoms with van der Waals surface area (Å²) in [5.74, 6) is 0.712. The van der Waals surface area contributed by atoms with Crippen LogP contribution in [0.5, 0.6) is 5.88 Å².